The minimum atomic E-state index is 0.851. The summed E-state index contributed by atoms with van der Waals surface area (Å²) in [6.07, 6.45) is 5.27. The van der Waals surface area contributed by atoms with Gasteiger partial charge in [0, 0.05) is 0 Å². The van der Waals surface area contributed by atoms with Crippen molar-refractivity contribution >= 4 is 0 Å². The molecule has 2 atom stereocenters. The molecule has 0 saturated heterocycles. The zero-order chi connectivity index (χ0) is 12.8. The fraction of sp³-hybridized carbons (Fsp3) is 0.647. The monoisotopic (exact) mass is 232 g/mol. The Kier molecular flexibility index (Phi) is 5.74. The zero-order valence-corrected chi connectivity index (χ0v) is 12.2. The lowest BCUT2D eigenvalue weighted by atomic mass is 9.89. The number of aryl methyl sites for hydroxylation is 2. The standard InChI is InChI=1S/C17H28/c1-6-13(2)12-14(3)10-11-17-15(4)8-7-9-16(17)5/h7-9,13-14H,6,10-12H2,1-5H3. The molecule has 0 spiro atoms. The van der Waals surface area contributed by atoms with Crippen LogP contribution in [0.1, 0.15) is 56.7 Å². The highest BCUT2D eigenvalue weighted by atomic mass is 14.1. The van der Waals surface area contributed by atoms with Crippen molar-refractivity contribution in [2.75, 3.05) is 0 Å². The Balaban J connectivity index is 2.50. The molecular weight excluding hydrogens is 204 g/mol. The number of hydrogen-bond acceptors (Lipinski definition) is 0. The lowest BCUT2D eigenvalue weighted by Gasteiger charge is -2.17. The molecule has 0 heterocycles. The number of hydrogen-bond donors (Lipinski definition) is 0. The van der Waals surface area contributed by atoms with Crippen LogP contribution in [-0.4, -0.2) is 0 Å². The van der Waals surface area contributed by atoms with E-state index in [4.69, 9.17) is 0 Å². The summed E-state index contributed by atoms with van der Waals surface area (Å²) < 4.78 is 0. The van der Waals surface area contributed by atoms with Crippen molar-refractivity contribution < 1.29 is 0 Å². The topological polar surface area (TPSA) is 0 Å². The maximum atomic E-state index is 2.40. The highest BCUT2D eigenvalue weighted by Gasteiger charge is 2.09. The van der Waals surface area contributed by atoms with Crippen molar-refractivity contribution in [2.24, 2.45) is 11.8 Å². The van der Waals surface area contributed by atoms with Crippen LogP contribution < -0.4 is 0 Å². The van der Waals surface area contributed by atoms with E-state index in [-0.39, 0.29) is 0 Å². The average Bonchev–Trinajstić information content (AvgIpc) is 2.28. The van der Waals surface area contributed by atoms with E-state index in [2.05, 4.69) is 52.8 Å². The van der Waals surface area contributed by atoms with E-state index in [0.717, 1.165) is 11.8 Å². The van der Waals surface area contributed by atoms with Crippen molar-refractivity contribution in [3.05, 3.63) is 34.9 Å². The predicted molar refractivity (Wildman–Crippen MR) is 77.5 cm³/mol. The van der Waals surface area contributed by atoms with Gasteiger partial charge in [-0.3, -0.25) is 0 Å². The van der Waals surface area contributed by atoms with Crippen LogP contribution in [0.15, 0.2) is 18.2 Å². The fourth-order valence-corrected chi connectivity index (χ4v) is 2.61. The van der Waals surface area contributed by atoms with Crippen molar-refractivity contribution in [1.82, 2.24) is 0 Å². The molecule has 2 unspecified atom stereocenters. The zero-order valence-electron chi connectivity index (χ0n) is 12.2. The molecule has 0 aromatic heterocycles. The van der Waals surface area contributed by atoms with Crippen LogP contribution in [0.5, 0.6) is 0 Å². The van der Waals surface area contributed by atoms with Gasteiger partial charge in [0.15, 0.2) is 0 Å². The molecule has 0 radical (unpaired) electrons. The van der Waals surface area contributed by atoms with E-state index < -0.39 is 0 Å². The van der Waals surface area contributed by atoms with E-state index in [1.54, 1.807) is 5.56 Å². The summed E-state index contributed by atoms with van der Waals surface area (Å²) in [5.41, 5.74) is 4.49. The SMILES string of the molecule is CCC(C)CC(C)CCc1c(C)cccc1C. The largest absolute Gasteiger partial charge is 0.0651 e. The molecule has 96 valence electrons. The molecule has 0 aliphatic carbocycles. The summed E-state index contributed by atoms with van der Waals surface area (Å²) in [7, 11) is 0. The van der Waals surface area contributed by atoms with Gasteiger partial charge in [0.25, 0.3) is 0 Å². The lowest BCUT2D eigenvalue weighted by Crippen LogP contribution is -2.05. The third kappa shape index (κ3) is 4.53. The second-order valence-electron chi connectivity index (χ2n) is 5.76. The summed E-state index contributed by atoms with van der Waals surface area (Å²) in [5.74, 6) is 1.73. The van der Waals surface area contributed by atoms with Crippen LogP contribution in [0.25, 0.3) is 0 Å². The summed E-state index contributed by atoms with van der Waals surface area (Å²) in [6.45, 7) is 11.5. The number of benzene rings is 1. The van der Waals surface area contributed by atoms with Crippen LogP contribution in [0.3, 0.4) is 0 Å². The molecule has 0 amide bonds. The Labute approximate surface area is 107 Å². The molecule has 0 N–H and O–H groups in total. The molecule has 0 heteroatoms. The summed E-state index contributed by atoms with van der Waals surface area (Å²) >= 11 is 0. The van der Waals surface area contributed by atoms with Crippen molar-refractivity contribution in [1.29, 1.82) is 0 Å². The van der Waals surface area contributed by atoms with Gasteiger partial charge in [0.05, 0.1) is 0 Å². The number of rotatable bonds is 6. The van der Waals surface area contributed by atoms with E-state index in [9.17, 15) is 0 Å². The molecule has 0 bridgehead atoms. The van der Waals surface area contributed by atoms with Gasteiger partial charge in [-0.05, 0) is 61.6 Å². The second kappa shape index (κ2) is 6.83. The highest BCUT2D eigenvalue weighted by molar-refractivity contribution is 5.33. The first kappa shape index (κ1) is 14.3. The highest BCUT2D eigenvalue weighted by Crippen LogP contribution is 2.22. The molecule has 0 fully saturated rings. The van der Waals surface area contributed by atoms with Gasteiger partial charge < -0.3 is 0 Å². The third-order valence-electron chi connectivity index (χ3n) is 4.03. The molecule has 0 aliphatic heterocycles. The van der Waals surface area contributed by atoms with Gasteiger partial charge in [-0.25, -0.2) is 0 Å². The Morgan fingerprint density at radius 3 is 2.12 bits per heavy atom. The molecule has 1 aromatic carbocycles. The van der Waals surface area contributed by atoms with Gasteiger partial charge in [-0.1, -0.05) is 45.4 Å². The van der Waals surface area contributed by atoms with Crippen LogP contribution in [-0.2, 0) is 6.42 Å². The Hall–Kier alpha value is -0.780. The molecule has 17 heavy (non-hydrogen) atoms. The fourth-order valence-electron chi connectivity index (χ4n) is 2.61. The normalized spacial score (nSPS) is 14.6. The van der Waals surface area contributed by atoms with Crippen LogP contribution in [0.4, 0.5) is 0 Å². The van der Waals surface area contributed by atoms with Gasteiger partial charge in [-0.15, -0.1) is 0 Å². The van der Waals surface area contributed by atoms with E-state index >= 15 is 0 Å². The van der Waals surface area contributed by atoms with Crippen LogP contribution >= 0.6 is 0 Å². The van der Waals surface area contributed by atoms with Gasteiger partial charge in [0.2, 0.25) is 0 Å². The first-order chi connectivity index (χ1) is 8.04. The first-order valence-corrected chi connectivity index (χ1v) is 7.09. The molecule has 1 rings (SSSR count). The third-order valence-corrected chi connectivity index (χ3v) is 4.03. The van der Waals surface area contributed by atoms with Gasteiger partial charge in [0.1, 0.15) is 0 Å². The molecular formula is C17H28. The van der Waals surface area contributed by atoms with Crippen molar-refractivity contribution in [3.63, 3.8) is 0 Å². The summed E-state index contributed by atoms with van der Waals surface area (Å²) in [5, 5.41) is 0. The van der Waals surface area contributed by atoms with Crippen molar-refractivity contribution in [2.45, 2.75) is 60.3 Å². The predicted octanol–water partition coefficient (Wildman–Crippen LogP) is 5.31. The van der Waals surface area contributed by atoms with E-state index in [1.165, 1.54) is 36.8 Å². The molecule has 0 nitrogen and oxygen atoms in total. The molecule has 0 aliphatic rings. The first-order valence-electron chi connectivity index (χ1n) is 7.09. The Bertz CT molecular complexity index is 318. The summed E-state index contributed by atoms with van der Waals surface area (Å²) in [6, 6.07) is 6.64. The lowest BCUT2D eigenvalue weighted by molar-refractivity contribution is 0.387. The summed E-state index contributed by atoms with van der Waals surface area (Å²) in [4.78, 5) is 0. The molecule has 1 aromatic rings. The second-order valence-corrected chi connectivity index (χ2v) is 5.76. The minimum absolute atomic E-state index is 0.851. The maximum Gasteiger partial charge on any atom is -0.0271 e. The van der Waals surface area contributed by atoms with Gasteiger partial charge in [-0.2, -0.15) is 0 Å². The average molecular weight is 232 g/mol. The van der Waals surface area contributed by atoms with Crippen LogP contribution in [0, 0.1) is 25.7 Å². The minimum Gasteiger partial charge on any atom is -0.0651 e. The Morgan fingerprint density at radius 2 is 1.59 bits per heavy atom. The quantitative estimate of drug-likeness (QED) is 0.623. The van der Waals surface area contributed by atoms with Gasteiger partial charge >= 0.3 is 0 Å². The van der Waals surface area contributed by atoms with Crippen LogP contribution in [0.2, 0.25) is 0 Å². The maximum absolute atomic E-state index is 2.40. The Morgan fingerprint density at radius 1 is 1.00 bits per heavy atom. The van der Waals surface area contributed by atoms with Crippen molar-refractivity contribution in [3.8, 4) is 0 Å². The smallest absolute Gasteiger partial charge is 0.0271 e. The van der Waals surface area contributed by atoms with E-state index in [1.807, 2.05) is 0 Å². The molecule has 0 saturated carbocycles. The van der Waals surface area contributed by atoms with E-state index in [0.29, 0.717) is 0 Å².